The minimum absolute atomic E-state index is 0.162. The van der Waals surface area contributed by atoms with Crippen LogP contribution >= 0.6 is 0 Å². The van der Waals surface area contributed by atoms with E-state index in [1.165, 1.54) is 6.07 Å². The summed E-state index contributed by atoms with van der Waals surface area (Å²) in [6, 6.07) is 3.62. The number of carboxylic acids is 1. The van der Waals surface area contributed by atoms with Gasteiger partial charge in [0, 0.05) is 6.54 Å². The predicted octanol–water partition coefficient (Wildman–Crippen LogP) is 2.72. The number of rotatable bonds is 8. The molecule has 20 heavy (non-hydrogen) atoms. The molecule has 0 unspecified atom stereocenters. The van der Waals surface area contributed by atoms with Crippen molar-refractivity contribution in [3.05, 3.63) is 29.6 Å². The highest BCUT2D eigenvalue weighted by atomic mass is 19.3. The van der Waals surface area contributed by atoms with Crippen LogP contribution in [-0.2, 0) is 11.3 Å². The van der Waals surface area contributed by atoms with Crippen molar-refractivity contribution < 1.29 is 27.8 Å². The Balaban J connectivity index is 2.75. The molecule has 0 fully saturated rings. The van der Waals surface area contributed by atoms with Crippen molar-refractivity contribution >= 4 is 5.97 Å². The van der Waals surface area contributed by atoms with Crippen LogP contribution in [0.5, 0.6) is 5.75 Å². The molecule has 112 valence electrons. The highest BCUT2D eigenvalue weighted by Gasteiger charge is 2.13. The van der Waals surface area contributed by atoms with E-state index in [9.17, 15) is 18.0 Å². The number of benzene rings is 1. The maximum atomic E-state index is 13.5. The number of hydrogen-bond acceptors (Lipinski definition) is 3. The summed E-state index contributed by atoms with van der Waals surface area (Å²) in [5, 5.41) is 8.77. The van der Waals surface area contributed by atoms with E-state index < -0.39 is 24.1 Å². The Morgan fingerprint density at radius 3 is 2.65 bits per heavy atom. The second kappa shape index (κ2) is 7.74. The summed E-state index contributed by atoms with van der Waals surface area (Å²) in [4.78, 5) is 12.3. The zero-order chi connectivity index (χ0) is 15.1. The molecule has 7 heteroatoms. The fourth-order valence-electron chi connectivity index (χ4n) is 1.81. The quantitative estimate of drug-likeness (QED) is 0.800. The lowest BCUT2D eigenvalue weighted by molar-refractivity contribution is -0.138. The average molecular weight is 291 g/mol. The number of aliphatic carboxylic acids is 1. The van der Waals surface area contributed by atoms with Gasteiger partial charge in [-0.1, -0.05) is 13.0 Å². The number of nitrogens with zero attached hydrogens (tertiary/aromatic N) is 1. The van der Waals surface area contributed by atoms with Crippen LogP contribution in [0.3, 0.4) is 0 Å². The van der Waals surface area contributed by atoms with E-state index in [1.54, 1.807) is 4.90 Å². The van der Waals surface area contributed by atoms with Crippen LogP contribution in [0.4, 0.5) is 13.2 Å². The van der Waals surface area contributed by atoms with Crippen molar-refractivity contribution in [1.29, 1.82) is 0 Å². The second-order valence-electron chi connectivity index (χ2n) is 4.25. The Labute approximate surface area is 114 Å². The molecule has 0 saturated carbocycles. The van der Waals surface area contributed by atoms with E-state index in [1.807, 2.05) is 6.92 Å². The molecular formula is C13H16F3NO3. The first-order valence-corrected chi connectivity index (χ1v) is 6.09. The van der Waals surface area contributed by atoms with Crippen LogP contribution < -0.4 is 4.74 Å². The summed E-state index contributed by atoms with van der Waals surface area (Å²) in [7, 11) is 0. The molecule has 1 aromatic rings. The van der Waals surface area contributed by atoms with Crippen LogP contribution in [0.25, 0.3) is 0 Å². The first kappa shape index (κ1) is 16.3. The lowest BCUT2D eigenvalue weighted by atomic mass is 10.2. The first-order valence-electron chi connectivity index (χ1n) is 6.09. The van der Waals surface area contributed by atoms with Gasteiger partial charge in [-0.25, -0.2) is 4.39 Å². The SMILES string of the molecule is CCCN(CC(=O)O)Cc1ccc(OC(F)F)c(F)c1. The Morgan fingerprint density at radius 2 is 2.15 bits per heavy atom. The predicted molar refractivity (Wildman–Crippen MR) is 66.2 cm³/mol. The van der Waals surface area contributed by atoms with E-state index in [4.69, 9.17) is 5.11 Å². The molecule has 0 radical (unpaired) electrons. The van der Waals surface area contributed by atoms with E-state index in [2.05, 4.69) is 4.74 Å². The number of ether oxygens (including phenoxy) is 1. The summed E-state index contributed by atoms with van der Waals surface area (Å²) < 4.78 is 41.5. The highest BCUT2D eigenvalue weighted by Crippen LogP contribution is 2.21. The third-order valence-corrected chi connectivity index (χ3v) is 2.52. The second-order valence-corrected chi connectivity index (χ2v) is 4.25. The average Bonchev–Trinajstić information content (AvgIpc) is 2.31. The smallest absolute Gasteiger partial charge is 0.387 e. The van der Waals surface area contributed by atoms with Gasteiger partial charge in [0.25, 0.3) is 0 Å². The van der Waals surface area contributed by atoms with Crippen LogP contribution in [0.15, 0.2) is 18.2 Å². The lowest BCUT2D eigenvalue weighted by Gasteiger charge is -2.19. The van der Waals surface area contributed by atoms with Crippen molar-refractivity contribution in [2.24, 2.45) is 0 Å². The van der Waals surface area contributed by atoms with Crippen molar-refractivity contribution in [3.63, 3.8) is 0 Å². The van der Waals surface area contributed by atoms with Gasteiger partial charge in [-0.2, -0.15) is 8.78 Å². The third-order valence-electron chi connectivity index (χ3n) is 2.52. The molecule has 0 aliphatic heterocycles. The molecule has 0 heterocycles. The Kier molecular flexibility index (Phi) is 6.30. The molecule has 4 nitrogen and oxygen atoms in total. The molecule has 0 saturated heterocycles. The van der Waals surface area contributed by atoms with Gasteiger partial charge in [0.05, 0.1) is 6.54 Å². The molecule has 0 bridgehead atoms. The first-order chi connectivity index (χ1) is 9.42. The molecular weight excluding hydrogens is 275 g/mol. The zero-order valence-electron chi connectivity index (χ0n) is 11.0. The summed E-state index contributed by atoms with van der Waals surface area (Å²) in [5.41, 5.74) is 0.499. The molecule has 0 aromatic heterocycles. The Bertz CT molecular complexity index is 454. The normalized spacial score (nSPS) is 11.1. The molecule has 0 aliphatic rings. The Hall–Kier alpha value is -1.76. The van der Waals surface area contributed by atoms with Gasteiger partial charge < -0.3 is 9.84 Å². The standard InChI is InChI=1S/C13H16F3NO3/c1-2-5-17(8-12(18)19)7-9-3-4-11(10(14)6-9)20-13(15)16/h3-4,6,13H,2,5,7-8H2,1H3,(H,18,19). The maximum Gasteiger partial charge on any atom is 0.387 e. The van der Waals surface area contributed by atoms with Gasteiger partial charge in [0.15, 0.2) is 11.6 Å². The maximum absolute atomic E-state index is 13.5. The van der Waals surface area contributed by atoms with Gasteiger partial charge in [0.1, 0.15) is 0 Å². The lowest BCUT2D eigenvalue weighted by Crippen LogP contribution is -2.30. The summed E-state index contributed by atoms with van der Waals surface area (Å²) in [6.07, 6.45) is 0.752. The van der Waals surface area contributed by atoms with Gasteiger partial charge >= 0.3 is 12.6 Å². The number of alkyl halides is 2. The van der Waals surface area contributed by atoms with E-state index in [-0.39, 0.29) is 13.1 Å². The number of halogens is 3. The summed E-state index contributed by atoms with van der Waals surface area (Å²) >= 11 is 0. The van der Waals surface area contributed by atoms with Crippen molar-refractivity contribution in [3.8, 4) is 5.75 Å². The zero-order valence-corrected chi connectivity index (χ0v) is 11.0. The number of carboxylic acid groups (broad SMARTS) is 1. The van der Waals surface area contributed by atoms with Crippen LogP contribution in [-0.4, -0.2) is 35.7 Å². The minimum atomic E-state index is -3.08. The molecule has 1 rings (SSSR count). The van der Waals surface area contributed by atoms with E-state index in [0.717, 1.165) is 18.6 Å². The molecule has 0 spiro atoms. The monoisotopic (exact) mass is 291 g/mol. The summed E-state index contributed by atoms with van der Waals surface area (Å²) in [6.45, 7) is -0.575. The molecule has 1 aromatic carbocycles. The topological polar surface area (TPSA) is 49.8 Å². The van der Waals surface area contributed by atoms with Crippen LogP contribution in [0.1, 0.15) is 18.9 Å². The summed E-state index contributed by atoms with van der Waals surface area (Å²) in [5.74, 6) is -2.39. The fraction of sp³-hybridized carbons (Fsp3) is 0.462. The highest BCUT2D eigenvalue weighted by molar-refractivity contribution is 5.69. The minimum Gasteiger partial charge on any atom is -0.480 e. The molecule has 0 amide bonds. The van der Waals surface area contributed by atoms with Crippen molar-refractivity contribution in [2.45, 2.75) is 26.5 Å². The fourth-order valence-corrected chi connectivity index (χ4v) is 1.81. The molecule has 1 N–H and O–H groups in total. The van der Waals surface area contributed by atoms with Crippen molar-refractivity contribution in [1.82, 2.24) is 4.90 Å². The number of carbonyl (C=O) groups is 1. The largest absolute Gasteiger partial charge is 0.480 e. The molecule has 0 aliphatic carbocycles. The van der Waals surface area contributed by atoms with Gasteiger partial charge in [-0.15, -0.1) is 0 Å². The number of hydrogen-bond donors (Lipinski definition) is 1. The van der Waals surface area contributed by atoms with Gasteiger partial charge in [0.2, 0.25) is 0 Å². The molecule has 0 atom stereocenters. The van der Waals surface area contributed by atoms with E-state index >= 15 is 0 Å². The Morgan fingerprint density at radius 1 is 1.45 bits per heavy atom. The van der Waals surface area contributed by atoms with Gasteiger partial charge in [-0.05, 0) is 30.7 Å². The van der Waals surface area contributed by atoms with E-state index in [0.29, 0.717) is 12.1 Å². The van der Waals surface area contributed by atoms with Crippen LogP contribution in [0, 0.1) is 5.82 Å². The van der Waals surface area contributed by atoms with Crippen LogP contribution in [0.2, 0.25) is 0 Å². The third kappa shape index (κ3) is 5.48. The van der Waals surface area contributed by atoms with Gasteiger partial charge in [-0.3, -0.25) is 9.69 Å². The van der Waals surface area contributed by atoms with Crippen molar-refractivity contribution in [2.75, 3.05) is 13.1 Å².